The van der Waals surface area contributed by atoms with Gasteiger partial charge in [-0.15, -0.1) is 0 Å². The summed E-state index contributed by atoms with van der Waals surface area (Å²) in [5.74, 6) is 0.567. The highest BCUT2D eigenvalue weighted by atomic mass is 16.1. The second-order valence-electron chi connectivity index (χ2n) is 3.89. The summed E-state index contributed by atoms with van der Waals surface area (Å²) in [5.41, 5.74) is 0.977. The number of nitrogens with one attached hydrogen (secondary N) is 1. The molecule has 0 saturated heterocycles. The third-order valence-electron chi connectivity index (χ3n) is 1.93. The quantitative estimate of drug-likeness (QED) is 0.757. The van der Waals surface area contributed by atoms with Gasteiger partial charge in [-0.25, -0.2) is 0 Å². The normalized spacial score (nSPS) is 11.1. The van der Waals surface area contributed by atoms with E-state index in [2.05, 4.69) is 25.9 Å². The van der Waals surface area contributed by atoms with Crippen molar-refractivity contribution in [2.24, 2.45) is 5.92 Å². The van der Waals surface area contributed by atoms with Crippen LogP contribution in [0.4, 0.5) is 0 Å². The van der Waals surface area contributed by atoms with Crippen molar-refractivity contribution in [3.8, 4) is 0 Å². The zero-order valence-electron chi connectivity index (χ0n) is 8.63. The largest absolute Gasteiger partial charge is 0.292 e. The lowest BCUT2D eigenvalue weighted by atomic mass is 10.2. The SMILES string of the molecule is CCCc1cn(CC(C)C)[nH]c1=O. The maximum Gasteiger partial charge on any atom is 0.267 e. The molecule has 1 aromatic heterocycles. The molecule has 1 N–H and O–H groups in total. The number of H-pyrrole nitrogens is 1. The Kier molecular flexibility index (Phi) is 3.34. The van der Waals surface area contributed by atoms with Crippen molar-refractivity contribution in [1.29, 1.82) is 0 Å². The molecule has 0 radical (unpaired) electrons. The zero-order chi connectivity index (χ0) is 9.84. The van der Waals surface area contributed by atoms with Crippen LogP contribution in [0.2, 0.25) is 0 Å². The molecule has 3 heteroatoms. The smallest absolute Gasteiger partial charge is 0.267 e. The first-order valence-corrected chi connectivity index (χ1v) is 4.91. The van der Waals surface area contributed by atoms with Crippen LogP contribution in [0.5, 0.6) is 0 Å². The third-order valence-corrected chi connectivity index (χ3v) is 1.93. The predicted molar refractivity (Wildman–Crippen MR) is 53.9 cm³/mol. The summed E-state index contributed by atoms with van der Waals surface area (Å²) in [5, 5.41) is 2.82. The Morgan fingerprint density at radius 2 is 2.23 bits per heavy atom. The molecule has 0 aliphatic rings. The van der Waals surface area contributed by atoms with Gasteiger partial charge in [0.1, 0.15) is 0 Å². The molecule has 0 aliphatic carbocycles. The molecule has 0 aromatic carbocycles. The van der Waals surface area contributed by atoms with Crippen LogP contribution >= 0.6 is 0 Å². The average Bonchev–Trinajstić information content (AvgIpc) is 2.31. The van der Waals surface area contributed by atoms with Crippen LogP contribution in [0, 0.1) is 5.92 Å². The number of aromatic amines is 1. The van der Waals surface area contributed by atoms with Crippen molar-refractivity contribution in [1.82, 2.24) is 9.78 Å². The Bertz CT molecular complexity index is 309. The van der Waals surface area contributed by atoms with Crippen LogP contribution in [0.1, 0.15) is 32.8 Å². The summed E-state index contributed by atoms with van der Waals surface area (Å²) >= 11 is 0. The fourth-order valence-corrected chi connectivity index (χ4v) is 1.42. The maximum atomic E-state index is 11.3. The lowest BCUT2D eigenvalue weighted by Crippen LogP contribution is -2.10. The summed E-state index contributed by atoms with van der Waals surface area (Å²) < 4.78 is 1.89. The second kappa shape index (κ2) is 4.30. The van der Waals surface area contributed by atoms with Gasteiger partial charge in [0.25, 0.3) is 5.56 Å². The van der Waals surface area contributed by atoms with Crippen molar-refractivity contribution >= 4 is 0 Å². The topological polar surface area (TPSA) is 37.8 Å². The number of aryl methyl sites for hydroxylation is 1. The number of nitrogens with zero attached hydrogens (tertiary/aromatic N) is 1. The third kappa shape index (κ3) is 2.76. The highest BCUT2D eigenvalue weighted by Crippen LogP contribution is 2.00. The Labute approximate surface area is 78.8 Å². The Balaban J connectivity index is 2.76. The molecule has 74 valence electrons. The standard InChI is InChI=1S/C10H18N2O/c1-4-5-9-7-12(6-8(2)3)11-10(9)13/h7-8H,4-6H2,1-3H3,(H,11,13). The second-order valence-corrected chi connectivity index (χ2v) is 3.89. The first kappa shape index (κ1) is 10.1. The van der Waals surface area contributed by atoms with E-state index < -0.39 is 0 Å². The Morgan fingerprint density at radius 1 is 1.54 bits per heavy atom. The fraction of sp³-hybridized carbons (Fsp3) is 0.700. The maximum absolute atomic E-state index is 11.3. The van der Waals surface area contributed by atoms with E-state index in [1.807, 2.05) is 10.9 Å². The van der Waals surface area contributed by atoms with E-state index in [-0.39, 0.29) is 5.56 Å². The average molecular weight is 182 g/mol. The van der Waals surface area contributed by atoms with Crippen LogP contribution in [-0.2, 0) is 13.0 Å². The van der Waals surface area contributed by atoms with Gasteiger partial charge in [-0.3, -0.25) is 14.6 Å². The Hall–Kier alpha value is -0.990. The van der Waals surface area contributed by atoms with E-state index in [4.69, 9.17) is 0 Å². The lowest BCUT2D eigenvalue weighted by Gasteiger charge is -2.04. The fourth-order valence-electron chi connectivity index (χ4n) is 1.42. The first-order valence-electron chi connectivity index (χ1n) is 4.91. The molecule has 0 atom stereocenters. The number of hydrogen-bond donors (Lipinski definition) is 1. The number of hydrogen-bond acceptors (Lipinski definition) is 1. The van der Waals surface area contributed by atoms with Gasteiger partial charge in [0.05, 0.1) is 0 Å². The summed E-state index contributed by atoms with van der Waals surface area (Å²) in [7, 11) is 0. The molecular weight excluding hydrogens is 164 g/mol. The van der Waals surface area contributed by atoms with Crippen molar-refractivity contribution < 1.29 is 0 Å². The van der Waals surface area contributed by atoms with E-state index in [1.54, 1.807) is 0 Å². The van der Waals surface area contributed by atoms with Gasteiger partial charge < -0.3 is 0 Å². The molecule has 0 aliphatic heterocycles. The van der Waals surface area contributed by atoms with Crippen molar-refractivity contribution in [2.45, 2.75) is 40.2 Å². The minimum absolute atomic E-state index is 0.0718. The number of aromatic nitrogens is 2. The van der Waals surface area contributed by atoms with Crippen molar-refractivity contribution in [2.75, 3.05) is 0 Å². The molecule has 1 heterocycles. The molecule has 1 rings (SSSR count). The van der Waals surface area contributed by atoms with Gasteiger partial charge in [0.2, 0.25) is 0 Å². The van der Waals surface area contributed by atoms with Gasteiger partial charge in [-0.05, 0) is 12.3 Å². The molecular formula is C10H18N2O. The molecule has 3 nitrogen and oxygen atoms in total. The van der Waals surface area contributed by atoms with Crippen molar-refractivity contribution in [3.63, 3.8) is 0 Å². The van der Waals surface area contributed by atoms with Crippen LogP contribution in [0.3, 0.4) is 0 Å². The number of rotatable bonds is 4. The molecule has 13 heavy (non-hydrogen) atoms. The summed E-state index contributed by atoms with van der Waals surface area (Å²) in [4.78, 5) is 11.3. The first-order chi connectivity index (χ1) is 6.13. The summed E-state index contributed by atoms with van der Waals surface area (Å²) in [6, 6.07) is 0. The van der Waals surface area contributed by atoms with Gasteiger partial charge in [0, 0.05) is 18.3 Å². The van der Waals surface area contributed by atoms with Gasteiger partial charge >= 0.3 is 0 Å². The van der Waals surface area contributed by atoms with E-state index in [0.29, 0.717) is 5.92 Å². The molecule has 0 fully saturated rings. The van der Waals surface area contributed by atoms with E-state index in [0.717, 1.165) is 24.9 Å². The zero-order valence-corrected chi connectivity index (χ0v) is 8.63. The molecule has 0 amide bonds. The monoisotopic (exact) mass is 182 g/mol. The van der Waals surface area contributed by atoms with Gasteiger partial charge in [-0.2, -0.15) is 0 Å². The van der Waals surface area contributed by atoms with E-state index in [9.17, 15) is 4.79 Å². The van der Waals surface area contributed by atoms with Crippen molar-refractivity contribution in [3.05, 3.63) is 22.1 Å². The summed E-state index contributed by atoms with van der Waals surface area (Å²) in [6.07, 6.45) is 3.83. The minimum Gasteiger partial charge on any atom is -0.292 e. The highest BCUT2D eigenvalue weighted by molar-refractivity contribution is 5.04. The molecule has 1 aromatic rings. The van der Waals surface area contributed by atoms with Crippen LogP contribution in [0.25, 0.3) is 0 Å². The van der Waals surface area contributed by atoms with E-state index >= 15 is 0 Å². The van der Waals surface area contributed by atoms with E-state index in [1.165, 1.54) is 0 Å². The summed E-state index contributed by atoms with van der Waals surface area (Å²) in [6.45, 7) is 7.24. The van der Waals surface area contributed by atoms with Gasteiger partial charge in [-0.1, -0.05) is 27.2 Å². The minimum atomic E-state index is 0.0718. The molecule has 0 saturated carbocycles. The van der Waals surface area contributed by atoms with Crippen LogP contribution < -0.4 is 5.56 Å². The van der Waals surface area contributed by atoms with Crippen LogP contribution in [0.15, 0.2) is 11.0 Å². The molecule has 0 bridgehead atoms. The van der Waals surface area contributed by atoms with Crippen LogP contribution in [-0.4, -0.2) is 9.78 Å². The predicted octanol–water partition coefficient (Wildman–Crippen LogP) is 1.78. The lowest BCUT2D eigenvalue weighted by molar-refractivity contribution is 0.480. The Morgan fingerprint density at radius 3 is 2.77 bits per heavy atom. The molecule has 0 unspecified atom stereocenters. The molecule has 0 spiro atoms. The highest BCUT2D eigenvalue weighted by Gasteiger charge is 2.03. The van der Waals surface area contributed by atoms with Gasteiger partial charge in [0.15, 0.2) is 0 Å².